The van der Waals surface area contributed by atoms with E-state index < -0.39 is 0 Å². The van der Waals surface area contributed by atoms with Crippen molar-refractivity contribution >= 4 is 27.7 Å². The Morgan fingerprint density at radius 2 is 1.78 bits per heavy atom. The zero-order valence-electron chi connectivity index (χ0n) is 10.0. The largest absolute Gasteiger partial charge is 0.457 e. The van der Waals surface area contributed by atoms with Gasteiger partial charge in [0.25, 0.3) is 0 Å². The van der Waals surface area contributed by atoms with Crippen molar-refractivity contribution in [2.75, 3.05) is 6.61 Å². The Bertz CT molecular complexity index is 433. The molecule has 4 heteroatoms. The van der Waals surface area contributed by atoms with Crippen LogP contribution in [0.3, 0.4) is 0 Å². The Labute approximate surface area is 115 Å². The van der Waals surface area contributed by atoms with Gasteiger partial charge in [0.05, 0.1) is 5.92 Å². The zero-order valence-corrected chi connectivity index (χ0v) is 11.6. The Kier molecular flexibility index (Phi) is 4.53. The molecule has 1 aromatic rings. The molecular formula is C14H15BrO3. The van der Waals surface area contributed by atoms with Crippen LogP contribution in [0.5, 0.6) is 0 Å². The van der Waals surface area contributed by atoms with Crippen molar-refractivity contribution in [1.29, 1.82) is 0 Å². The van der Waals surface area contributed by atoms with Crippen molar-refractivity contribution in [3.8, 4) is 0 Å². The smallest absolute Gasteiger partial charge is 0.309 e. The molecule has 2 rings (SSSR count). The molecule has 96 valence electrons. The number of hydrogen-bond donors (Lipinski definition) is 0. The van der Waals surface area contributed by atoms with Crippen LogP contribution in [0.1, 0.15) is 36.0 Å². The fraction of sp³-hybridized carbons (Fsp3) is 0.429. The van der Waals surface area contributed by atoms with Gasteiger partial charge in [-0.15, -0.1) is 0 Å². The lowest BCUT2D eigenvalue weighted by atomic mass is 10.1. The van der Waals surface area contributed by atoms with Gasteiger partial charge in [0.15, 0.2) is 12.4 Å². The van der Waals surface area contributed by atoms with Crippen LogP contribution in [0.15, 0.2) is 28.7 Å². The van der Waals surface area contributed by atoms with Gasteiger partial charge in [0, 0.05) is 10.0 Å². The first kappa shape index (κ1) is 13.3. The van der Waals surface area contributed by atoms with E-state index in [9.17, 15) is 9.59 Å². The Morgan fingerprint density at radius 1 is 1.17 bits per heavy atom. The molecule has 1 aliphatic carbocycles. The summed E-state index contributed by atoms with van der Waals surface area (Å²) in [5, 5.41) is 0. The summed E-state index contributed by atoms with van der Waals surface area (Å²) in [6.07, 6.45) is 3.96. The van der Waals surface area contributed by atoms with E-state index in [2.05, 4.69) is 15.9 Å². The van der Waals surface area contributed by atoms with Gasteiger partial charge in [-0.1, -0.05) is 40.9 Å². The highest BCUT2D eigenvalue weighted by Gasteiger charge is 2.24. The molecule has 0 saturated heterocycles. The second-order valence-electron chi connectivity index (χ2n) is 4.52. The maximum atomic E-state index is 11.8. The van der Waals surface area contributed by atoms with Crippen molar-refractivity contribution in [3.05, 3.63) is 34.3 Å². The Balaban J connectivity index is 1.84. The number of carbonyl (C=O) groups is 2. The number of Topliss-reactive ketones (excluding diaryl/α,β-unsaturated/α-hetero) is 1. The molecule has 0 radical (unpaired) electrons. The lowest BCUT2D eigenvalue weighted by Gasteiger charge is -2.08. The third-order valence-corrected chi connectivity index (χ3v) is 3.73. The van der Waals surface area contributed by atoms with Crippen LogP contribution in [0.2, 0.25) is 0 Å². The SMILES string of the molecule is O=C(COC(=O)C1CCCC1)c1ccc(Br)cc1. The van der Waals surface area contributed by atoms with Crippen molar-refractivity contribution < 1.29 is 14.3 Å². The maximum absolute atomic E-state index is 11.8. The van der Waals surface area contributed by atoms with Gasteiger partial charge in [-0.3, -0.25) is 9.59 Å². The molecule has 18 heavy (non-hydrogen) atoms. The molecular weight excluding hydrogens is 296 g/mol. The number of halogens is 1. The van der Waals surface area contributed by atoms with E-state index in [1.54, 1.807) is 24.3 Å². The van der Waals surface area contributed by atoms with Crippen LogP contribution in [-0.2, 0) is 9.53 Å². The quantitative estimate of drug-likeness (QED) is 0.632. The van der Waals surface area contributed by atoms with Crippen LogP contribution >= 0.6 is 15.9 Å². The normalized spacial score (nSPS) is 15.6. The van der Waals surface area contributed by atoms with Crippen LogP contribution < -0.4 is 0 Å². The van der Waals surface area contributed by atoms with Crippen molar-refractivity contribution in [1.82, 2.24) is 0 Å². The molecule has 1 aliphatic rings. The second-order valence-corrected chi connectivity index (χ2v) is 5.43. The van der Waals surface area contributed by atoms with Crippen molar-refractivity contribution in [2.45, 2.75) is 25.7 Å². The van der Waals surface area contributed by atoms with Crippen LogP contribution in [0.25, 0.3) is 0 Å². The number of hydrogen-bond acceptors (Lipinski definition) is 3. The summed E-state index contributed by atoms with van der Waals surface area (Å²) in [6, 6.07) is 7.03. The highest BCUT2D eigenvalue weighted by atomic mass is 79.9. The van der Waals surface area contributed by atoms with Gasteiger partial charge >= 0.3 is 5.97 Å². The molecule has 0 aromatic heterocycles. The average molecular weight is 311 g/mol. The first-order chi connectivity index (χ1) is 8.66. The highest BCUT2D eigenvalue weighted by Crippen LogP contribution is 2.25. The van der Waals surface area contributed by atoms with Crippen LogP contribution in [0.4, 0.5) is 0 Å². The van der Waals surface area contributed by atoms with E-state index in [0.29, 0.717) is 5.56 Å². The van der Waals surface area contributed by atoms with Gasteiger partial charge in [0.2, 0.25) is 0 Å². The van der Waals surface area contributed by atoms with E-state index in [0.717, 1.165) is 30.2 Å². The molecule has 0 unspecified atom stereocenters. The standard InChI is InChI=1S/C14H15BrO3/c15-12-7-5-10(6-8-12)13(16)9-18-14(17)11-3-1-2-4-11/h5-8,11H,1-4,9H2. The van der Waals surface area contributed by atoms with E-state index in [1.807, 2.05) is 0 Å². The molecule has 0 amide bonds. The number of esters is 1. The third kappa shape index (κ3) is 3.42. The molecule has 1 saturated carbocycles. The Hall–Kier alpha value is -1.16. The van der Waals surface area contributed by atoms with Gasteiger partial charge in [-0.05, 0) is 25.0 Å². The van der Waals surface area contributed by atoms with Crippen molar-refractivity contribution in [3.63, 3.8) is 0 Å². The minimum absolute atomic E-state index is 0.00252. The van der Waals surface area contributed by atoms with Crippen molar-refractivity contribution in [2.24, 2.45) is 5.92 Å². The minimum Gasteiger partial charge on any atom is -0.457 e. The molecule has 1 fully saturated rings. The second kappa shape index (κ2) is 6.14. The van der Waals surface area contributed by atoms with Gasteiger partial charge in [-0.2, -0.15) is 0 Å². The summed E-state index contributed by atoms with van der Waals surface area (Å²) >= 11 is 3.30. The molecule has 0 spiro atoms. The fourth-order valence-electron chi connectivity index (χ4n) is 2.14. The maximum Gasteiger partial charge on any atom is 0.309 e. The van der Waals surface area contributed by atoms with E-state index in [-0.39, 0.29) is 24.3 Å². The Morgan fingerprint density at radius 3 is 2.39 bits per heavy atom. The number of rotatable bonds is 4. The number of ketones is 1. The molecule has 0 atom stereocenters. The molecule has 0 heterocycles. The summed E-state index contributed by atoms with van der Waals surface area (Å²) < 4.78 is 5.99. The minimum atomic E-state index is -0.224. The van der Waals surface area contributed by atoms with Gasteiger partial charge in [-0.25, -0.2) is 0 Å². The molecule has 0 N–H and O–H groups in total. The number of benzene rings is 1. The monoisotopic (exact) mass is 310 g/mol. The van der Waals surface area contributed by atoms with E-state index >= 15 is 0 Å². The molecule has 0 aliphatic heterocycles. The predicted molar refractivity (Wildman–Crippen MR) is 71.4 cm³/mol. The third-order valence-electron chi connectivity index (χ3n) is 3.20. The van der Waals surface area contributed by atoms with Crippen LogP contribution in [0, 0.1) is 5.92 Å². The lowest BCUT2D eigenvalue weighted by Crippen LogP contribution is -2.19. The van der Waals surface area contributed by atoms with Gasteiger partial charge < -0.3 is 4.74 Å². The summed E-state index contributed by atoms with van der Waals surface area (Å²) in [4.78, 5) is 23.4. The summed E-state index contributed by atoms with van der Waals surface area (Å²) in [6.45, 7) is -0.156. The summed E-state index contributed by atoms with van der Waals surface area (Å²) in [7, 11) is 0. The zero-order chi connectivity index (χ0) is 13.0. The first-order valence-corrected chi connectivity index (χ1v) is 6.91. The highest BCUT2D eigenvalue weighted by molar-refractivity contribution is 9.10. The lowest BCUT2D eigenvalue weighted by molar-refractivity contribution is -0.147. The summed E-state index contributed by atoms with van der Waals surface area (Å²) in [5.41, 5.74) is 0.567. The first-order valence-electron chi connectivity index (χ1n) is 6.12. The fourth-order valence-corrected chi connectivity index (χ4v) is 2.40. The number of carbonyl (C=O) groups excluding carboxylic acids is 2. The molecule has 3 nitrogen and oxygen atoms in total. The number of ether oxygens (including phenoxy) is 1. The van der Waals surface area contributed by atoms with E-state index in [4.69, 9.17) is 4.74 Å². The topological polar surface area (TPSA) is 43.4 Å². The van der Waals surface area contributed by atoms with Gasteiger partial charge in [0.1, 0.15) is 0 Å². The average Bonchev–Trinajstić information content (AvgIpc) is 2.90. The van der Waals surface area contributed by atoms with E-state index in [1.165, 1.54) is 0 Å². The predicted octanol–water partition coefficient (Wildman–Crippen LogP) is 3.37. The van der Waals surface area contributed by atoms with Crippen LogP contribution in [-0.4, -0.2) is 18.4 Å². The molecule has 1 aromatic carbocycles. The summed E-state index contributed by atoms with van der Waals surface area (Å²) in [5.74, 6) is -0.380. The molecule has 0 bridgehead atoms.